The summed E-state index contributed by atoms with van der Waals surface area (Å²) in [6.07, 6.45) is 2.64. The highest BCUT2D eigenvalue weighted by Crippen LogP contribution is 2.21. The molecule has 0 aliphatic carbocycles. The normalized spacial score (nSPS) is 13.1. The molecule has 0 spiro atoms. The molecule has 0 radical (unpaired) electrons. The van der Waals surface area contributed by atoms with Crippen LogP contribution >= 0.6 is 0 Å². The number of amides is 1. The number of imidazole rings is 1. The summed E-state index contributed by atoms with van der Waals surface area (Å²) in [5.74, 6) is 0.775. The van der Waals surface area contributed by atoms with Crippen LogP contribution in [0.15, 0.2) is 23.1 Å². The Bertz CT molecular complexity index is 858. The number of sulfonamides is 1. The molecule has 0 aliphatic heterocycles. The number of hydrogen-bond acceptors (Lipinski definition) is 4. The molecule has 0 fully saturated rings. The molecule has 25 heavy (non-hydrogen) atoms. The molecule has 1 atom stereocenters. The highest BCUT2D eigenvalue weighted by atomic mass is 32.2. The van der Waals surface area contributed by atoms with Crippen molar-refractivity contribution >= 4 is 27.0 Å². The van der Waals surface area contributed by atoms with Crippen LogP contribution in [0.2, 0.25) is 0 Å². The third-order valence-corrected chi connectivity index (χ3v) is 5.08. The van der Waals surface area contributed by atoms with Crippen LogP contribution in [0.1, 0.15) is 45.9 Å². The number of nitrogens with two attached hydrogens (primary N) is 1. The molecule has 1 aromatic carbocycles. The van der Waals surface area contributed by atoms with E-state index in [4.69, 9.17) is 5.14 Å². The fourth-order valence-electron chi connectivity index (χ4n) is 2.67. The predicted molar refractivity (Wildman–Crippen MR) is 97.6 cm³/mol. The largest absolute Gasteiger partial charge is 0.354 e. The number of hydrogen-bond donors (Lipinski definition) is 2. The molecular formula is C17H26N4O3S. The Hall–Kier alpha value is -1.93. The summed E-state index contributed by atoms with van der Waals surface area (Å²) in [5.41, 5.74) is 1.43. The summed E-state index contributed by atoms with van der Waals surface area (Å²) < 4.78 is 25.1. The molecule has 138 valence electrons. The number of aryl methyl sites for hydroxylation is 2. The van der Waals surface area contributed by atoms with Crippen molar-refractivity contribution in [3.8, 4) is 0 Å². The van der Waals surface area contributed by atoms with Gasteiger partial charge in [0.05, 0.1) is 15.9 Å². The first kappa shape index (κ1) is 19.4. The molecule has 0 aliphatic rings. The van der Waals surface area contributed by atoms with Crippen LogP contribution in [-0.4, -0.2) is 29.9 Å². The molecule has 0 unspecified atom stereocenters. The van der Waals surface area contributed by atoms with E-state index in [9.17, 15) is 13.2 Å². The Labute approximate surface area is 148 Å². The third kappa shape index (κ3) is 4.79. The summed E-state index contributed by atoms with van der Waals surface area (Å²) >= 11 is 0. The molecule has 1 amide bonds. The maximum atomic E-state index is 12.0. The van der Waals surface area contributed by atoms with Crippen molar-refractivity contribution in [3.05, 3.63) is 24.0 Å². The SMILES string of the molecule is CCCn1c(CCC(=O)N[C@H](C)CC)nc2cc(S(N)(=O)=O)ccc21. The average molecular weight is 366 g/mol. The van der Waals surface area contributed by atoms with Crippen molar-refractivity contribution in [2.45, 2.75) is 63.9 Å². The smallest absolute Gasteiger partial charge is 0.238 e. The second-order valence-corrected chi connectivity index (χ2v) is 7.81. The highest BCUT2D eigenvalue weighted by molar-refractivity contribution is 7.89. The Morgan fingerprint density at radius 3 is 2.68 bits per heavy atom. The fourth-order valence-corrected chi connectivity index (χ4v) is 3.21. The van der Waals surface area contributed by atoms with Gasteiger partial charge < -0.3 is 9.88 Å². The summed E-state index contributed by atoms with van der Waals surface area (Å²) in [6, 6.07) is 4.85. The zero-order valence-electron chi connectivity index (χ0n) is 14.9. The van der Waals surface area contributed by atoms with E-state index in [2.05, 4.69) is 17.2 Å². The molecule has 8 heteroatoms. The van der Waals surface area contributed by atoms with Crippen LogP contribution in [0.4, 0.5) is 0 Å². The van der Waals surface area contributed by atoms with E-state index in [1.807, 2.05) is 18.4 Å². The first-order valence-electron chi connectivity index (χ1n) is 8.57. The predicted octanol–water partition coefficient (Wildman–Crippen LogP) is 1.94. The lowest BCUT2D eigenvalue weighted by molar-refractivity contribution is -0.121. The quantitative estimate of drug-likeness (QED) is 0.744. The second kappa shape index (κ2) is 7.97. The number of primary sulfonamides is 1. The van der Waals surface area contributed by atoms with E-state index < -0.39 is 10.0 Å². The minimum Gasteiger partial charge on any atom is -0.354 e. The van der Waals surface area contributed by atoms with Crippen LogP contribution in [0, 0.1) is 0 Å². The number of carbonyl (C=O) groups excluding carboxylic acids is 1. The molecule has 0 saturated heterocycles. The molecular weight excluding hydrogens is 340 g/mol. The lowest BCUT2D eigenvalue weighted by atomic mass is 10.2. The van der Waals surface area contributed by atoms with Gasteiger partial charge in [-0.25, -0.2) is 18.5 Å². The molecule has 1 heterocycles. The molecule has 2 aromatic rings. The standard InChI is InChI=1S/C17H26N4O3S/c1-4-10-21-15-7-6-13(25(18,23)24)11-14(15)20-16(21)8-9-17(22)19-12(3)5-2/h6-7,11-12H,4-5,8-10H2,1-3H3,(H,19,22)(H2,18,23,24)/t12-/m1/s1. The maximum absolute atomic E-state index is 12.0. The van der Waals surface area contributed by atoms with Crippen LogP contribution in [0.5, 0.6) is 0 Å². The number of nitrogens with one attached hydrogen (secondary N) is 1. The van der Waals surface area contributed by atoms with Crippen molar-refractivity contribution < 1.29 is 13.2 Å². The van der Waals surface area contributed by atoms with Crippen molar-refractivity contribution in [2.24, 2.45) is 5.14 Å². The van der Waals surface area contributed by atoms with E-state index >= 15 is 0 Å². The first-order valence-corrected chi connectivity index (χ1v) is 10.1. The number of nitrogens with zero attached hydrogens (tertiary/aromatic N) is 2. The van der Waals surface area contributed by atoms with Gasteiger partial charge in [-0.1, -0.05) is 13.8 Å². The van der Waals surface area contributed by atoms with E-state index in [0.717, 1.165) is 30.7 Å². The van der Waals surface area contributed by atoms with Gasteiger partial charge in [-0.3, -0.25) is 4.79 Å². The zero-order valence-corrected chi connectivity index (χ0v) is 15.8. The number of benzene rings is 1. The van der Waals surface area contributed by atoms with E-state index in [1.165, 1.54) is 12.1 Å². The molecule has 0 bridgehead atoms. The monoisotopic (exact) mass is 366 g/mol. The van der Waals surface area contributed by atoms with Gasteiger partial charge in [0, 0.05) is 25.4 Å². The zero-order chi connectivity index (χ0) is 18.6. The van der Waals surface area contributed by atoms with Crippen LogP contribution in [0.25, 0.3) is 11.0 Å². The summed E-state index contributed by atoms with van der Waals surface area (Å²) in [5, 5.41) is 8.14. The van der Waals surface area contributed by atoms with Gasteiger partial charge in [0.15, 0.2) is 0 Å². The van der Waals surface area contributed by atoms with Crippen molar-refractivity contribution in [3.63, 3.8) is 0 Å². The van der Waals surface area contributed by atoms with Gasteiger partial charge in [0.2, 0.25) is 15.9 Å². The Morgan fingerprint density at radius 1 is 1.36 bits per heavy atom. The minimum absolute atomic E-state index is 0.00493. The summed E-state index contributed by atoms with van der Waals surface area (Å²) in [6.45, 7) is 6.81. The topological polar surface area (TPSA) is 107 Å². The molecule has 3 N–H and O–H groups in total. The molecule has 1 aromatic heterocycles. The number of carbonyl (C=O) groups is 1. The van der Waals surface area contributed by atoms with Crippen molar-refractivity contribution in [2.75, 3.05) is 0 Å². The summed E-state index contributed by atoms with van der Waals surface area (Å²) in [4.78, 5) is 16.6. The van der Waals surface area contributed by atoms with E-state index in [0.29, 0.717) is 18.4 Å². The second-order valence-electron chi connectivity index (χ2n) is 6.25. The Balaban J connectivity index is 2.29. The average Bonchev–Trinajstić information content (AvgIpc) is 2.89. The Kier molecular flexibility index (Phi) is 6.18. The van der Waals surface area contributed by atoms with Gasteiger partial charge in [-0.2, -0.15) is 0 Å². The highest BCUT2D eigenvalue weighted by Gasteiger charge is 2.15. The van der Waals surface area contributed by atoms with Gasteiger partial charge >= 0.3 is 0 Å². The fraction of sp³-hybridized carbons (Fsp3) is 0.529. The van der Waals surface area contributed by atoms with E-state index in [-0.39, 0.29) is 16.8 Å². The third-order valence-electron chi connectivity index (χ3n) is 4.17. The van der Waals surface area contributed by atoms with Crippen LogP contribution in [-0.2, 0) is 27.8 Å². The lowest BCUT2D eigenvalue weighted by Gasteiger charge is -2.11. The van der Waals surface area contributed by atoms with Gasteiger partial charge in [0.25, 0.3) is 0 Å². The molecule has 0 saturated carbocycles. The number of aromatic nitrogens is 2. The van der Waals surface area contributed by atoms with Gasteiger partial charge in [-0.05, 0) is 38.0 Å². The van der Waals surface area contributed by atoms with Crippen molar-refractivity contribution in [1.82, 2.24) is 14.9 Å². The minimum atomic E-state index is -3.77. The number of rotatable bonds is 8. The molecule has 2 rings (SSSR count). The van der Waals surface area contributed by atoms with Gasteiger partial charge in [-0.15, -0.1) is 0 Å². The van der Waals surface area contributed by atoms with Gasteiger partial charge in [0.1, 0.15) is 5.82 Å². The lowest BCUT2D eigenvalue weighted by Crippen LogP contribution is -2.32. The van der Waals surface area contributed by atoms with Crippen LogP contribution in [0.3, 0.4) is 0 Å². The number of fused-ring (bicyclic) bond motifs is 1. The van der Waals surface area contributed by atoms with Crippen LogP contribution < -0.4 is 10.5 Å². The first-order chi connectivity index (χ1) is 11.8. The van der Waals surface area contributed by atoms with E-state index in [1.54, 1.807) is 6.07 Å². The van der Waals surface area contributed by atoms with Crippen molar-refractivity contribution in [1.29, 1.82) is 0 Å². The maximum Gasteiger partial charge on any atom is 0.238 e. The Morgan fingerprint density at radius 2 is 2.08 bits per heavy atom. The summed E-state index contributed by atoms with van der Waals surface area (Å²) in [7, 11) is -3.77. The molecule has 7 nitrogen and oxygen atoms in total.